The molecule has 1 atom stereocenters. The Labute approximate surface area is 85.7 Å². The predicted octanol–water partition coefficient (Wildman–Crippen LogP) is 2.11. The van der Waals surface area contributed by atoms with E-state index in [2.05, 4.69) is 26.2 Å². The summed E-state index contributed by atoms with van der Waals surface area (Å²) in [6, 6.07) is 3.68. The third-order valence-corrected chi connectivity index (χ3v) is 1.94. The number of aromatic nitrogens is 1. The Hall–Kier alpha value is -0.900. The normalized spacial score (nSPS) is 12.2. The van der Waals surface area contributed by atoms with Gasteiger partial charge >= 0.3 is 0 Å². The van der Waals surface area contributed by atoms with E-state index in [1.54, 1.807) is 19.2 Å². The lowest BCUT2D eigenvalue weighted by atomic mass is 10.3. The van der Waals surface area contributed by atoms with Crippen LogP contribution in [0.25, 0.3) is 0 Å². The number of nitrogens with zero attached hydrogens (tertiary/aromatic N) is 1. The maximum atomic E-state index is 11.2. The molecule has 1 heterocycles. The highest BCUT2D eigenvalue weighted by Crippen LogP contribution is 2.06. The van der Waals surface area contributed by atoms with E-state index in [4.69, 9.17) is 0 Å². The number of carbonyl (C=O) groups is 1. The Morgan fingerprint density at radius 1 is 1.62 bits per heavy atom. The van der Waals surface area contributed by atoms with E-state index in [1.165, 1.54) is 0 Å². The van der Waals surface area contributed by atoms with Crippen molar-refractivity contribution >= 4 is 27.7 Å². The second-order valence-corrected chi connectivity index (χ2v) is 4.20. The van der Waals surface area contributed by atoms with E-state index in [0.29, 0.717) is 5.82 Å². The quantitative estimate of drug-likeness (QED) is 0.808. The van der Waals surface area contributed by atoms with Gasteiger partial charge in [-0.1, -0.05) is 22.0 Å². The molecule has 3 nitrogen and oxygen atoms in total. The molecule has 1 aromatic rings. The minimum Gasteiger partial charge on any atom is -0.310 e. The van der Waals surface area contributed by atoms with Crippen LogP contribution in [-0.4, -0.2) is 15.7 Å². The minimum atomic E-state index is -0.199. The van der Waals surface area contributed by atoms with Gasteiger partial charge in [0.2, 0.25) is 5.91 Å². The summed E-state index contributed by atoms with van der Waals surface area (Å²) in [7, 11) is 0. The number of nitrogens with one attached hydrogen (secondary N) is 1. The van der Waals surface area contributed by atoms with E-state index >= 15 is 0 Å². The van der Waals surface area contributed by atoms with Crippen molar-refractivity contribution in [1.29, 1.82) is 0 Å². The number of amides is 1. The number of alkyl halides is 1. The second-order valence-electron chi connectivity index (χ2n) is 2.83. The molecule has 0 aliphatic heterocycles. The molecule has 0 aliphatic rings. The summed E-state index contributed by atoms with van der Waals surface area (Å²) in [6.45, 7) is 3.72. The number of aryl methyl sites for hydroxylation is 1. The lowest BCUT2D eigenvalue weighted by molar-refractivity contribution is -0.115. The van der Waals surface area contributed by atoms with Gasteiger partial charge < -0.3 is 5.32 Å². The Balaban J connectivity index is 2.65. The monoisotopic (exact) mass is 242 g/mol. The van der Waals surface area contributed by atoms with Crippen molar-refractivity contribution in [2.24, 2.45) is 0 Å². The summed E-state index contributed by atoms with van der Waals surface area (Å²) in [5, 5.41) is 2.67. The fraction of sp³-hybridized carbons (Fsp3) is 0.333. The zero-order valence-corrected chi connectivity index (χ0v) is 9.13. The van der Waals surface area contributed by atoms with Crippen LogP contribution in [0.2, 0.25) is 0 Å². The molecule has 70 valence electrons. The molecule has 0 bridgehead atoms. The van der Waals surface area contributed by atoms with Crippen molar-refractivity contribution in [2.75, 3.05) is 5.32 Å². The topological polar surface area (TPSA) is 42.0 Å². The minimum absolute atomic E-state index is 0.0867. The number of pyridine rings is 1. The van der Waals surface area contributed by atoms with E-state index in [9.17, 15) is 4.79 Å². The van der Waals surface area contributed by atoms with Gasteiger partial charge in [-0.05, 0) is 25.5 Å². The summed E-state index contributed by atoms with van der Waals surface area (Å²) >= 11 is 3.17. The molecule has 1 N–H and O–H groups in total. The van der Waals surface area contributed by atoms with Crippen LogP contribution in [0.3, 0.4) is 0 Å². The molecule has 0 saturated carbocycles. The standard InChI is InChI=1S/C9H11BrN2O/c1-6-3-4-8(11-5-6)12-9(13)7(2)10/h3-5,7H,1-2H3,(H,11,12,13)/t7-/m1/s1. The molecule has 1 rings (SSSR count). The van der Waals surface area contributed by atoms with Crippen LogP contribution in [0.1, 0.15) is 12.5 Å². The number of hydrogen-bond acceptors (Lipinski definition) is 2. The molecule has 13 heavy (non-hydrogen) atoms. The average Bonchev–Trinajstić information content (AvgIpc) is 2.08. The molecule has 1 aromatic heterocycles. The number of rotatable bonds is 2. The summed E-state index contributed by atoms with van der Waals surface area (Å²) < 4.78 is 0. The van der Waals surface area contributed by atoms with Crippen molar-refractivity contribution in [3.8, 4) is 0 Å². The first-order chi connectivity index (χ1) is 6.09. The second kappa shape index (κ2) is 4.37. The molecule has 4 heteroatoms. The number of halogens is 1. The SMILES string of the molecule is Cc1ccc(NC(=O)[C@@H](C)Br)nc1. The predicted molar refractivity (Wildman–Crippen MR) is 56.0 cm³/mol. The summed E-state index contributed by atoms with van der Waals surface area (Å²) in [5.41, 5.74) is 1.07. The first kappa shape index (κ1) is 10.2. The molecule has 0 saturated heterocycles. The highest BCUT2D eigenvalue weighted by molar-refractivity contribution is 9.10. The third-order valence-electron chi connectivity index (χ3n) is 1.52. The number of anilines is 1. The van der Waals surface area contributed by atoms with Crippen LogP contribution in [0.15, 0.2) is 18.3 Å². The van der Waals surface area contributed by atoms with Crippen LogP contribution in [0.5, 0.6) is 0 Å². The average molecular weight is 243 g/mol. The maximum absolute atomic E-state index is 11.2. The first-order valence-electron chi connectivity index (χ1n) is 3.97. The first-order valence-corrected chi connectivity index (χ1v) is 4.89. The molecule has 1 amide bonds. The van der Waals surface area contributed by atoms with Crippen LogP contribution in [-0.2, 0) is 4.79 Å². The fourth-order valence-corrected chi connectivity index (χ4v) is 0.882. The van der Waals surface area contributed by atoms with E-state index < -0.39 is 0 Å². The zero-order valence-electron chi connectivity index (χ0n) is 7.54. The Kier molecular flexibility index (Phi) is 3.42. The molecule has 0 aliphatic carbocycles. The zero-order chi connectivity index (χ0) is 9.84. The largest absolute Gasteiger partial charge is 0.310 e. The summed E-state index contributed by atoms with van der Waals surface area (Å²) in [4.78, 5) is 15.0. The van der Waals surface area contributed by atoms with Crippen molar-refractivity contribution in [1.82, 2.24) is 4.98 Å². The van der Waals surface area contributed by atoms with Gasteiger partial charge in [-0.2, -0.15) is 0 Å². The molecular formula is C9H11BrN2O. The van der Waals surface area contributed by atoms with Gasteiger partial charge in [0.1, 0.15) is 5.82 Å². The molecule has 0 aromatic carbocycles. The molecular weight excluding hydrogens is 232 g/mol. The Morgan fingerprint density at radius 2 is 2.31 bits per heavy atom. The highest BCUT2D eigenvalue weighted by atomic mass is 79.9. The van der Waals surface area contributed by atoms with Crippen molar-refractivity contribution in [3.05, 3.63) is 23.9 Å². The Morgan fingerprint density at radius 3 is 2.77 bits per heavy atom. The van der Waals surface area contributed by atoms with Gasteiger partial charge in [0, 0.05) is 6.20 Å². The molecule has 0 unspecified atom stereocenters. The third kappa shape index (κ3) is 3.14. The van der Waals surface area contributed by atoms with E-state index in [1.807, 2.05) is 13.0 Å². The molecule has 0 spiro atoms. The van der Waals surface area contributed by atoms with Gasteiger partial charge in [-0.3, -0.25) is 4.79 Å². The number of carbonyl (C=O) groups excluding carboxylic acids is 1. The smallest absolute Gasteiger partial charge is 0.239 e. The Bertz CT molecular complexity index is 295. The van der Waals surface area contributed by atoms with Crippen molar-refractivity contribution in [2.45, 2.75) is 18.7 Å². The van der Waals surface area contributed by atoms with E-state index in [0.717, 1.165) is 5.56 Å². The summed E-state index contributed by atoms with van der Waals surface area (Å²) in [6.07, 6.45) is 1.72. The van der Waals surface area contributed by atoms with Gasteiger partial charge in [-0.15, -0.1) is 0 Å². The van der Waals surface area contributed by atoms with Gasteiger partial charge in [0.15, 0.2) is 0 Å². The van der Waals surface area contributed by atoms with Gasteiger partial charge in [0.05, 0.1) is 4.83 Å². The highest BCUT2D eigenvalue weighted by Gasteiger charge is 2.08. The van der Waals surface area contributed by atoms with Crippen molar-refractivity contribution < 1.29 is 4.79 Å². The molecule has 0 radical (unpaired) electrons. The molecule has 0 fully saturated rings. The maximum Gasteiger partial charge on any atom is 0.239 e. The van der Waals surface area contributed by atoms with Gasteiger partial charge in [0.25, 0.3) is 0 Å². The summed E-state index contributed by atoms with van der Waals surface area (Å²) in [5.74, 6) is 0.498. The lowest BCUT2D eigenvalue weighted by Crippen LogP contribution is -2.20. The fourth-order valence-electron chi connectivity index (χ4n) is 0.767. The van der Waals surface area contributed by atoms with Crippen LogP contribution in [0.4, 0.5) is 5.82 Å². The van der Waals surface area contributed by atoms with Gasteiger partial charge in [-0.25, -0.2) is 4.98 Å². The van der Waals surface area contributed by atoms with Crippen LogP contribution >= 0.6 is 15.9 Å². The lowest BCUT2D eigenvalue weighted by Gasteiger charge is -2.05. The van der Waals surface area contributed by atoms with Crippen molar-refractivity contribution in [3.63, 3.8) is 0 Å². The number of hydrogen-bond donors (Lipinski definition) is 1. The van der Waals surface area contributed by atoms with Crippen LogP contribution < -0.4 is 5.32 Å². The van der Waals surface area contributed by atoms with Crippen LogP contribution in [0, 0.1) is 6.92 Å². The van der Waals surface area contributed by atoms with E-state index in [-0.39, 0.29) is 10.7 Å².